The van der Waals surface area contributed by atoms with Crippen LogP contribution in [-0.4, -0.2) is 39.9 Å². The van der Waals surface area contributed by atoms with Crippen molar-refractivity contribution in [2.45, 2.75) is 52.2 Å². The molecule has 4 nitrogen and oxygen atoms in total. The lowest BCUT2D eigenvalue weighted by molar-refractivity contribution is 0.230. The average molecular weight is 250 g/mol. The normalized spacial score (nSPS) is 21.1. The lowest BCUT2D eigenvalue weighted by Gasteiger charge is -2.25. The second-order valence-electron chi connectivity index (χ2n) is 5.73. The van der Waals surface area contributed by atoms with Crippen LogP contribution in [0.1, 0.15) is 38.1 Å². The van der Waals surface area contributed by atoms with Crippen LogP contribution in [0.15, 0.2) is 6.07 Å². The molecular weight excluding hydrogens is 224 g/mol. The van der Waals surface area contributed by atoms with E-state index in [4.69, 9.17) is 0 Å². The van der Waals surface area contributed by atoms with Gasteiger partial charge in [-0.2, -0.15) is 5.10 Å². The standard InChI is InChI=1S/C14H26N4/c1-11(2)15-9-13-6-5-7-18(13)10-14-8-12(3)16-17(14)4/h8,11,13,15H,5-7,9-10H2,1-4H3. The zero-order chi connectivity index (χ0) is 13.1. The Labute approximate surface area is 110 Å². The van der Waals surface area contributed by atoms with Gasteiger partial charge >= 0.3 is 0 Å². The Morgan fingerprint density at radius 3 is 2.89 bits per heavy atom. The fourth-order valence-electron chi connectivity index (χ4n) is 2.73. The van der Waals surface area contributed by atoms with Crippen LogP contribution in [0.4, 0.5) is 0 Å². The molecule has 0 aromatic carbocycles. The van der Waals surface area contributed by atoms with Gasteiger partial charge in [0, 0.05) is 32.2 Å². The summed E-state index contributed by atoms with van der Waals surface area (Å²) in [6.45, 7) is 9.84. The van der Waals surface area contributed by atoms with Gasteiger partial charge in [-0.25, -0.2) is 0 Å². The molecular formula is C14H26N4. The first-order valence-corrected chi connectivity index (χ1v) is 7.03. The van der Waals surface area contributed by atoms with Gasteiger partial charge < -0.3 is 5.32 Å². The second kappa shape index (κ2) is 5.85. The highest BCUT2D eigenvalue weighted by Crippen LogP contribution is 2.19. The predicted octanol–water partition coefficient (Wildman–Crippen LogP) is 1.69. The molecule has 4 heteroatoms. The van der Waals surface area contributed by atoms with Gasteiger partial charge in [0.05, 0.1) is 11.4 Å². The van der Waals surface area contributed by atoms with E-state index in [0.717, 1.165) is 18.8 Å². The number of nitrogens with zero attached hydrogens (tertiary/aromatic N) is 3. The Morgan fingerprint density at radius 1 is 1.50 bits per heavy atom. The molecule has 1 aliphatic rings. The Bertz CT molecular complexity index is 383. The van der Waals surface area contributed by atoms with Crippen molar-refractivity contribution in [3.63, 3.8) is 0 Å². The van der Waals surface area contributed by atoms with Crippen LogP contribution in [0, 0.1) is 6.92 Å². The van der Waals surface area contributed by atoms with Crippen molar-refractivity contribution >= 4 is 0 Å². The molecule has 102 valence electrons. The molecule has 0 spiro atoms. The van der Waals surface area contributed by atoms with Gasteiger partial charge in [0.25, 0.3) is 0 Å². The lowest BCUT2D eigenvalue weighted by Crippen LogP contribution is -2.40. The van der Waals surface area contributed by atoms with Crippen LogP contribution in [0.5, 0.6) is 0 Å². The zero-order valence-electron chi connectivity index (χ0n) is 12.1. The minimum atomic E-state index is 0.575. The maximum atomic E-state index is 4.43. The molecule has 18 heavy (non-hydrogen) atoms. The van der Waals surface area contributed by atoms with Gasteiger partial charge in [-0.15, -0.1) is 0 Å². The lowest BCUT2D eigenvalue weighted by atomic mass is 10.2. The van der Waals surface area contributed by atoms with Crippen molar-refractivity contribution in [1.82, 2.24) is 20.0 Å². The van der Waals surface area contributed by atoms with Gasteiger partial charge in [-0.3, -0.25) is 9.58 Å². The van der Waals surface area contributed by atoms with E-state index in [9.17, 15) is 0 Å². The molecule has 1 fully saturated rings. The molecule has 0 bridgehead atoms. The summed E-state index contributed by atoms with van der Waals surface area (Å²) < 4.78 is 2.01. The summed E-state index contributed by atoms with van der Waals surface area (Å²) in [6.07, 6.45) is 2.64. The highest BCUT2D eigenvalue weighted by atomic mass is 15.3. The third kappa shape index (κ3) is 3.33. The smallest absolute Gasteiger partial charge is 0.0597 e. The Hall–Kier alpha value is -0.870. The van der Waals surface area contributed by atoms with Crippen molar-refractivity contribution in [1.29, 1.82) is 0 Å². The van der Waals surface area contributed by atoms with Crippen LogP contribution in [0.3, 0.4) is 0 Å². The number of nitrogens with one attached hydrogen (secondary N) is 1. The van der Waals surface area contributed by atoms with E-state index in [0.29, 0.717) is 12.1 Å². The van der Waals surface area contributed by atoms with Crippen molar-refractivity contribution < 1.29 is 0 Å². The molecule has 1 N–H and O–H groups in total. The summed E-state index contributed by atoms with van der Waals surface area (Å²) >= 11 is 0. The highest BCUT2D eigenvalue weighted by Gasteiger charge is 2.25. The summed E-state index contributed by atoms with van der Waals surface area (Å²) in [4.78, 5) is 2.59. The number of likely N-dealkylation sites (tertiary alicyclic amines) is 1. The molecule has 1 aromatic heterocycles. The van der Waals surface area contributed by atoms with Crippen molar-refractivity contribution in [3.8, 4) is 0 Å². The van der Waals surface area contributed by atoms with Crippen LogP contribution >= 0.6 is 0 Å². The van der Waals surface area contributed by atoms with Gasteiger partial charge in [0.15, 0.2) is 0 Å². The fourth-order valence-corrected chi connectivity index (χ4v) is 2.73. The third-order valence-electron chi connectivity index (χ3n) is 3.72. The Balaban J connectivity index is 1.93. The SMILES string of the molecule is Cc1cc(CN2CCCC2CNC(C)C)n(C)n1. The molecule has 1 aromatic rings. The van der Waals surface area contributed by atoms with Crippen molar-refractivity contribution in [3.05, 3.63) is 17.5 Å². The summed E-state index contributed by atoms with van der Waals surface area (Å²) in [7, 11) is 2.04. The van der Waals surface area contributed by atoms with E-state index in [1.54, 1.807) is 0 Å². The molecule has 0 radical (unpaired) electrons. The number of aromatic nitrogens is 2. The number of hydrogen-bond acceptors (Lipinski definition) is 3. The van der Waals surface area contributed by atoms with Crippen LogP contribution in [0.2, 0.25) is 0 Å². The molecule has 2 rings (SSSR count). The molecule has 1 atom stereocenters. The van der Waals surface area contributed by atoms with Crippen molar-refractivity contribution in [2.75, 3.05) is 13.1 Å². The molecule has 0 amide bonds. The fraction of sp³-hybridized carbons (Fsp3) is 0.786. The first-order chi connectivity index (χ1) is 8.56. The predicted molar refractivity (Wildman–Crippen MR) is 74.5 cm³/mol. The van der Waals surface area contributed by atoms with Crippen LogP contribution in [-0.2, 0) is 13.6 Å². The van der Waals surface area contributed by atoms with Crippen LogP contribution in [0.25, 0.3) is 0 Å². The second-order valence-corrected chi connectivity index (χ2v) is 5.73. The first-order valence-electron chi connectivity index (χ1n) is 7.03. The molecule has 0 aliphatic carbocycles. The number of hydrogen-bond donors (Lipinski definition) is 1. The van der Waals surface area contributed by atoms with E-state index >= 15 is 0 Å². The average Bonchev–Trinajstić information content (AvgIpc) is 2.84. The molecule has 0 saturated carbocycles. The zero-order valence-corrected chi connectivity index (χ0v) is 12.1. The Morgan fingerprint density at radius 2 is 2.28 bits per heavy atom. The van der Waals surface area contributed by atoms with Crippen molar-refractivity contribution in [2.24, 2.45) is 7.05 Å². The van der Waals surface area contributed by atoms with E-state index < -0.39 is 0 Å². The maximum Gasteiger partial charge on any atom is 0.0597 e. The number of rotatable bonds is 5. The van der Waals surface area contributed by atoms with E-state index in [1.807, 2.05) is 11.7 Å². The quantitative estimate of drug-likeness (QED) is 0.863. The number of aryl methyl sites for hydroxylation is 2. The van der Waals surface area contributed by atoms with Gasteiger partial charge in [-0.05, 0) is 32.4 Å². The minimum Gasteiger partial charge on any atom is -0.313 e. The summed E-state index contributed by atoms with van der Waals surface area (Å²) in [5.41, 5.74) is 2.44. The van der Waals surface area contributed by atoms with Crippen LogP contribution < -0.4 is 5.32 Å². The van der Waals surface area contributed by atoms with Gasteiger partial charge in [0.2, 0.25) is 0 Å². The Kier molecular flexibility index (Phi) is 4.40. The van der Waals surface area contributed by atoms with E-state index in [2.05, 4.69) is 42.2 Å². The summed E-state index contributed by atoms with van der Waals surface area (Å²) in [5, 5.41) is 7.99. The topological polar surface area (TPSA) is 33.1 Å². The highest BCUT2D eigenvalue weighted by molar-refractivity contribution is 5.09. The maximum absolute atomic E-state index is 4.43. The largest absolute Gasteiger partial charge is 0.313 e. The molecule has 1 unspecified atom stereocenters. The summed E-state index contributed by atoms with van der Waals surface area (Å²) in [5.74, 6) is 0. The monoisotopic (exact) mass is 250 g/mol. The molecule has 1 aliphatic heterocycles. The first kappa shape index (κ1) is 13.6. The molecule has 2 heterocycles. The summed E-state index contributed by atoms with van der Waals surface area (Å²) in [6, 6.07) is 3.46. The van der Waals surface area contributed by atoms with E-state index in [1.165, 1.54) is 25.1 Å². The van der Waals surface area contributed by atoms with Gasteiger partial charge in [0.1, 0.15) is 0 Å². The van der Waals surface area contributed by atoms with Gasteiger partial charge in [-0.1, -0.05) is 13.8 Å². The van der Waals surface area contributed by atoms with E-state index in [-0.39, 0.29) is 0 Å². The third-order valence-corrected chi connectivity index (χ3v) is 3.72. The minimum absolute atomic E-state index is 0.575. The molecule has 1 saturated heterocycles.